The van der Waals surface area contributed by atoms with Crippen LogP contribution < -0.4 is 5.32 Å². The van der Waals surface area contributed by atoms with E-state index >= 15 is 0 Å². The number of rotatable bonds is 7. The number of methoxy groups -OCH3 is 1. The molecule has 0 fully saturated rings. The van der Waals surface area contributed by atoms with Gasteiger partial charge in [-0.15, -0.1) is 11.8 Å². The molecule has 0 saturated carbocycles. The average Bonchev–Trinajstić information content (AvgIpc) is 2.35. The number of aromatic carboxylic acids is 1. The average molecular weight is 270 g/mol. The van der Waals surface area contributed by atoms with E-state index in [1.54, 1.807) is 7.11 Å². The van der Waals surface area contributed by atoms with Crippen LogP contribution in [0, 0.1) is 0 Å². The number of nitrogens with one attached hydrogen (secondary N) is 1. The molecule has 1 rings (SSSR count). The molecule has 0 aliphatic rings. The zero-order valence-electron chi connectivity index (χ0n) is 9.88. The van der Waals surface area contributed by atoms with Crippen LogP contribution in [0.1, 0.15) is 10.4 Å². The Morgan fingerprint density at radius 1 is 1.56 bits per heavy atom. The number of carbonyl (C=O) groups excluding carboxylic acids is 1. The highest BCUT2D eigenvalue weighted by molar-refractivity contribution is 7.99. The van der Waals surface area contributed by atoms with Crippen molar-refractivity contribution in [3.05, 3.63) is 24.0 Å². The number of ether oxygens (including phenoxy) is 1. The Labute approximate surface area is 109 Å². The summed E-state index contributed by atoms with van der Waals surface area (Å²) in [5.41, 5.74) is 0.239. The van der Waals surface area contributed by atoms with E-state index in [-0.39, 0.29) is 22.9 Å². The molecule has 6 nitrogen and oxygen atoms in total. The van der Waals surface area contributed by atoms with Crippen LogP contribution in [0.2, 0.25) is 0 Å². The summed E-state index contributed by atoms with van der Waals surface area (Å²) >= 11 is 1.41. The summed E-state index contributed by atoms with van der Waals surface area (Å²) in [6, 6.07) is 1.34. The topological polar surface area (TPSA) is 88.5 Å². The first-order chi connectivity index (χ1) is 8.65. The molecule has 0 aliphatic heterocycles. The number of nitrogens with zero attached hydrogens (tertiary/aromatic N) is 1. The van der Waals surface area contributed by atoms with Gasteiger partial charge in [0.1, 0.15) is 0 Å². The largest absolute Gasteiger partial charge is 0.478 e. The molecule has 18 heavy (non-hydrogen) atoms. The normalized spacial score (nSPS) is 10.1. The van der Waals surface area contributed by atoms with Crippen molar-refractivity contribution < 1.29 is 19.4 Å². The van der Waals surface area contributed by atoms with Gasteiger partial charge in [0.2, 0.25) is 5.91 Å². The van der Waals surface area contributed by atoms with Gasteiger partial charge in [-0.1, -0.05) is 0 Å². The fourth-order valence-electron chi connectivity index (χ4n) is 1.17. The van der Waals surface area contributed by atoms with Crippen molar-refractivity contribution in [2.45, 2.75) is 0 Å². The van der Waals surface area contributed by atoms with E-state index < -0.39 is 5.97 Å². The number of anilines is 1. The molecule has 7 heteroatoms. The first-order valence-electron chi connectivity index (χ1n) is 5.19. The predicted octanol–water partition coefficient (Wildman–Crippen LogP) is 1.10. The summed E-state index contributed by atoms with van der Waals surface area (Å²) < 4.78 is 4.85. The molecule has 0 aliphatic carbocycles. The van der Waals surface area contributed by atoms with E-state index in [1.807, 2.05) is 0 Å². The van der Waals surface area contributed by atoms with E-state index in [1.165, 1.54) is 30.2 Å². The Kier molecular flexibility index (Phi) is 6.16. The lowest BCUT2D eigenvalue weighted by Crippen LogP contribution is -2.17. The number of hydrogen-bond acceptors (Lipinski definition) is 5. The Balaban J connectivity index is 2.51. The van der Waals surface area contributed by atoms with Gasteiger partial charge in [-0.3, -0.25) is 9.78 Å². The van der Waals surface area contributed by atoms with Crippen molar-refractivity contribution in [1.29, 1.82) is 0 Å². The third kappa shape index (κ3) is 4.72. The van der Waals surface area contributed by atoms with Crippen molar-refractivity contribution in [3.8, 4) is 0 Å². The van der Waals surface area contributed by atoms with Crippen LogP contribution in [0.4, 0.5) is 5.69 Å². The highest BCUT2D eigenvalue weighted by atomic mass is 32.2. The van der Waals surface area contributed by atoms with Crippen molar-refractivity contribution in [2.24, 2.45) is 0 Å². The molecular weight excluding hydrogens is 256 g/mol. The van der Waals surface area contributed by atoms with Crippen molar-refractivity contribution in [1.82, 2.24) is 4.98 Å². The van der Waals surface area contributed by atoms with Crippen LogP contribution in [-0.4, -0.2) is 47.2 Å². The molecule has 0 aromatic carbocycles. The van der Waals surface area contributed by atoms with E-state index in [0.717, 1.165) is 0 Å². The second kappa shape index (κ2) is 7.67. The highest BCUT2D eigenvalue weighted by Crippen LogP contribution is 2.13. The molecular formula is C11H14N2O4S. The minimum absolute atomic E-state index is 0.0280. The molecule has 1 amide bonds. The molecule has 0 atom stereocenters. The first kappa shape index (κ1) is 14.5. The van der Waals surface area contributed by atoms with Crippen LogP contribution in [0.5, 0.6) is 0 Å². The minimum atomic E-state index is -1.10. The lowest BCUT2D eigenvalue weighted by Gasteiger charge is -2.07. The van der Waals surface area contributed by atoms with Gasteiger partial charge in [-0.25, -0.2) is 4.79 Å². The number of pyridine rings is 1. The van der Waals surface area contributed by atoms with Gasteiger partial charge in [0.15, 0.2) is 0 Å². The van der Waals surface area contributed by atoms with Crippen molar-refractivity contribution in [3.63, 3.8) is 0 Å². The molecule has 1 heterocycles. The Bertz CT molecular complexity index is 425. The quantitative estimate of drug-likeness (QED) is 0.721. The molecule has 0 bridgehead atoms. The van der Waals surface area contributed by atoms with E-state index in [4.69, 9.17) is 9.84 Å². The summed E-state index contributed by atoms with van der Waals surface area (Å²) in [6.45, 7) is 0.575. The fourth-order valence-corrected chi connectivity index (χ4v) is 1.86. The summed E-state index contributed by atoms with van der Waals surface area (Å²) in [4.78, 5) is 26.2. The number of amides is 1. The standard InChI is InChI=1S/C11H14N2O4S/c1-17-4-5-18-7-10(14)13-9-6-12-3-2-8(9)11(15)16/h2-3,6H,4-5,7H2,1H3,(H,13,14)(H,15,16). The maximum atomic E-state index is 11.6. The SMILES string of the molecule is COCCSCC(=O)Nc1cnccc1C(=O)O. The predicted molar refractivity (Wildman–Crippen MR) is 69.0 cm³/mol. The van der Waals surface area contributed by atoms with Crippen molar-refractivity contribution in [2.75, 3.05) is 30.5 Å². The van der Waals surface area contributed by atoms with E-state index in [9.17, 15) is 9.59 Å². The number of hydrogen-bond donors (Lipinski definition) is 2. The number of carboxylic acids is 1. The van der Waals surface area contributed by atoms with Gasteiger partial charge in [0.25, 0.3) is 0 Å². The Morgan fingerprint density at radius 2 is 2.33 bits per heavy atom. The van der Waals surface area contributed by atoms with Crippen LogP contribution in [-0.2, 0) is 9.53 Å². The zero-order valence-corrected chi connectivity index (χ0v) is 10.7. The van der Waals surface area contributed by atoms with E-state index in [2.05, 4.69) is 10.3 Å². The van der Waals surface area contributed by atoms with Crippen LogP contribution in [0.15, 0.2) is 18.5 Å². The third-order valence-electron chi connectivity index (χ3n) is 1.99. The van der Waals surface area contributed by atoms with Crippen molar-refractivity contribution >= 4 is 29.3 Å². The van der Waals surface area contributed by atoms with Gasteiger partial charge in [0.05, 0.1) is 29.8 Å². The Hall–Kier alpha value is -1.60. The lowest BCUT2D eigenvalue weighted by atomic mass is 10.2. The van der Waals surface area contributed by atoms with Gasteiger partial charge in [-0.2, -0.15) is 0 Å². The smallest absolute Gasteiger partial charge is 0.337 e. The van der Waals surface area contributed by atoms with Crippen LogP contribution >= 0.6 is 11.8 Å². The maximum absolute atomic E-state index is 11.6. The third-order valence-corrected chi connectivity index (χ3v) is 2.91. The molecule has 98 valence electrons. The van der Waals surface area contributed by atoms with Crippen LogP contribution in [0.3, 0.4) is 0 Å². The van der Waals surface area contributed by atoms with Gasteiger partial charge in [0, 0.05) is 19.1 Å². The maximum Gasteiger partial charge on any atom is 0.337 e. The Morgan fingerprint density at radius 3 is 3.00 bits per heavy atom. The van der Waals surface area contributed by atoms with Gasteiger partial charge < -0.3 is 15.2 Å². The number of aromatic nitrogens is 1. The summed E-state index contributed by atoms with van der Waals surface area (Å²) in [6.07, 6.45) is 2.69. The first-order valence-corrected chi connectivity index (χ1v) is 6.34. The monoisotopic (exact) mass is 270 g/mol. The molecule has 1 aromatic rings. The summed E-state index contributed by atoms with van der Waals surface area (Å²) in [5.74, 6) is -0.397. The summed E-state index contributed by atoms with van der Waals surface area (Å²) in [7, 11) is 1.59. The highest BCUT2D eigenvalue weighted by Gasteiger charge is 2.11. The number of carbonyl (C=O) groups is 2. The van der Waals surface area contributed by atoms with Crippen LogP contribution in [0.25, 0.3) is 0 Å². The number of carboxylic acid groups (broad SMARTS) is 1. The summed E-state index contributed by atoms with van der Waals surface area (Å²) in [5, 5.41) is 11.4. The minimum Gasteiger partial charge on any atom is -0.478 e. The van der Waals surface area contributed by atoms with Gasteiger partial charge in [-0.05, 0) is 6.07 Å². The fraction of sp³-hybridized carbons (Fsp3) is 0.364. The molecule has 0 spiro atoms. The lowest BCUT2D eigenvalue weighted by molar-refractivity contribution is -0.113. The molecule has 0 saturated heterocycles. The van der Waals surface area contributed by atoms with Gasteiger partial charge >= 0.3 is 5.97 Å². The zero-order chi connectivity index (χ0) is 13.4. The molecule has 2 N–H and O–H groups in total. The molecule has 0 radical (unpaired) electrons. The molecule has 1 aromatic heterocycles. The second-order valence-corrected chi connectivity index (χ2v) is 4.43. The van der Waals surface area contributed by atoms with E-state index in [0.29, 0.717) is 12.4 Å². The molecule has 0 unspecified atom stereocenters. The number of thioether (sulfide) groups is 1. The second-order valence-electron chi connectivity index (χ2n) is 3.32.